The number of rotatable bonds is 9. The predicted octanol–water partition coefficient (Wildman–Crippen LogP) is 3.34. The van der Waals surface area contributed by atoms with Gasteiger partial charge in [0.25, 0.3) is 0 Å². The van der Waals surface area contributed by atoms with Gasteiger partial charge in [-0.05, 0) is 36.2 Å². The fourth-order valence-electron chi connectivity index (χ4n) is 2.08. The largest absolute Gasteiger partial charge is 0.376 e. The maximum Gasteiger partial charge on any atom is 0.0717 e. The summed E-state index contributed by atoms with van der Waals surface area (Å²) < 4.78 is 5.71. The summed E-state index contributed by atoms with van der Waals surface area (Å²) in [6.45, 7) is 5.55. The van der Waals surface area contributed by atoms with Gasteiger partial charge in [-0.1, -0.05) is 37.3 Å². The van der Waals surface area contributed by atoms with E-state index in [1.807, 2.05) is 24.4 Å². The number of hydrogen-bond acceptors (Lipinski definition) is 3. The minimum atomic E-state index is 0.662. The summed E-state index contributed by atoms with van der Waals surface area (Å²) in [6.07, 6.45) is 3.85. The number of nitrogens with zero attached hydrogens (tertiary/aromatic N) is 1. The van der Waals surface area contributed by atoms with Gasteiger partial charge in [0.1, 0.15) is 0 Å². The summed E-state index contributed by atoms with van der Waals surface area (Å²) in [5.74, 6) is 0. The normalized spacial score (nSPS) is 10.7. The zero-order chi connectivity index (χ0) is 14.8. The summed E-state index contributed by atoms with van der Waals surface area (Å²) in [6, 6.07) is 14.6. The number of pyridine rings is 1. The molecule has 0 aliphatic rings. The van der Waals surface area contributed by atoms with E-state index in [1.165, 1.54) is 17.5 Å². The quantitative estimate of drug-likeness (QED) is 0.717. The summed E-state index contributed by atoms with van der Waals surface area (Å²) in [5, 5.41) is 3.40. The van der Waals surface area contributed by atoms with Crippen molar-refractivity contribution in [1.82, 2.24) is 10.3 Å². The minimum Gasteiger partial charge on any atom is -0.376 e. The van der Waals surface area contributed by atoms with Crippen LogP contribution in [0.2, 0.25) is 0 Å². The van der Waals surface area contributed by atoms with Gasteiger partial charge in [-0.15, -0.1) is 0 Å². The molecule has 21 heavy (non-hydrogen) atoms. The molecule has 3 nitrogen and oxygen atoms in total. The van der Waals surface area contributed by atoms with Crippen LogP contribution in [0.25, 0.3) is 0 Å². The maximum absolute atomic E-state index is 5.71. The van der Waals surface area contributed by atoms with E-state index >= 15 is 0 Å². The second-order valence-electron chi connectivity index (χ2n) is 5.12. The number of hydrogen-bond donors (Lipinski definition) is 1. The molecule has 1 N–H and O–H groups in total. The monoisotopic (exact) mass is 284 g/mol. The zero-order valence-electron chi connectivity index (χ0n) is 12.7. The van der Waals surface area contributed by atoms with E-state index in [1.54, 1.807) is 0 Å². The van der Waals surface area contributed by atoms with Crippen LogP contribution in [0.3, 0.4) is 0 Å². The van der Waals surface area contributed by atoms with Crippen molar-refractivity contribution >= 4 is 0 Å². The van der Waals surface area contributed by atoms with Crippen molar-refractivity contribution < 1.29 is 4.74 Å². The van der Waals surface area contributed by atoms with E-state index in [-0.39, 0.29) is 0 Å². The van der Waals surface area contributed by atoms with Crippen molar-refractivity contribution in [2.75, 3.05) is 13.2 Å². The van der Waals surface area contributed by atoms with Gasteiger partial charge in [0.15, 0.2) is 0 Å². The fourth-order valence-corrected chi connectivity index (χ4v) is 2.08. The first kappa shape index (κ1) is 15.7. The third kappa shape index (κ3) is 6.06. The topological polar surface area (TPSA) is 34.1 Å². The fraction of sp³-hybridized carbons (Fsp3) is 0.389. The van der Waals surface area contributed by atoms with Crippen molar-refractivity contribution in [1.29, 1.82) is 0 Å². The Balaban J connectivity index is 1.66. The van der Waals surface area contributed by atoms with Gasteiger partial charge in [0.05, 0.1) is 13.2 Å². The van der Waals surface area contributed by atoms with E-state index < -0.39 is 0 Å². The average Bonchev–Trinajstić information content (AvgIpc) is 2.54. The highest BCUT2D eigenvalue weighted by atomic mass is 16.5. The van der Waals surface area contributed by atoms with Gasteiger partial charge in [0, 0.05) is 24.9 Å². The second-order valence-corrected chi connectivity index (χ2v) is 5.12. The van der Waals surface area contributed by atoms with E-state index in [0.717, 1.165) is 25.2 Å². The SMILES string of the molecule is CCCNCc1ccc(COCCc2ccccn2)cc1. The Hall–Kier alpha value is -1.71. The lowest BCUT2D eigenvalue weighted by molar-refractivity contribution is 0.123. The van der Waals surface area contributed by atoms with Crippen LogP contribution in [-0.4, -0.2) is 18.1 Å². The highest BCUT2D eigenvalue weighted by Crippen LogP contribution is 2.06. The van der Waals surface area contributed by atoms with Gasteiger partial charge >= 0.3 is 0 Å². The van der Waals surface area contributed by atoms with Crippen LogP contribution in [0.5, 0.6) is 0 Å². The van der Waals surface area contributed by atoms with E-state index in [2.05, 4.69) is 41.5 Å². The molecule has 0 unspecified atom stereocenters. The Kier molecular flexibility index (Phi) is 6.92. The Morgan fingerprint density at radius 3 is 2.57 bits per heavy atom. The van der Waals surface area contributed by atoms with E-state index in [4.69, 9.17) is 4.74 Å². The zero-order valence-corrected chi connectivity index (χ0v) is 12.7. The highest BCUT2D eigenvalue weighted by Gasteiger charge is 1.97. The molecule has 0 saturated carbocycles. The molecule has 0 bridgehead atoms. The Morgan fingerprint density at radius 1 is 1.05 bits per heavy atom. The summed E-state index contributed by atoms with van der Waals surface area (Å²) in [5.41, 5.74) is 3.62. The smallest absolute Gasteiger partial charge is 0.0717 e. The van der Waals surface area contributed by atoms with E-state index in [0.29, 0.717) is 13.2 Å². The van der Waals surface area contributed by atoms with Crippen LogP contribution in [-0.2, 0) is 24.3 Å². The molecule has 3 heteroatoms. The predicted molar refractivity (Wildman–Crippen MR) is 86.0 cm³/mol. The molecule has 0 fully saturated rings. The highest BCUT2D eigenvalue weighted by molar-refractivity contribution is 5.21. The Labute approximate surface area is 127 Å². The number of ether oxygens (including phenoxy) is 1. The molecule has 0 aliphatic heterocycles. The van der Waals surface area contributed by atoms with Gasteiger partial charge < -0.3 is 10.1 Å². The molecular weight excluding hydrogens is 260 g/mol. The standard InChI is InChI=1S/C18H24N2O/c1-2-11-19-14-16-6-8-17(9-7-16)15-21-13-10-18-5-3-4-12-20-18/h3-9,12,19H,2,10-11,13-15H2,1H3. The average molecular weight is 284 g/mol. The molecule has 0 radical (unpaired) electrons. The van der Waals surface area contributed by atoms with Crippen molar-refractivity contribution in [2.45, 2.75) is 32.9 Å². The van der Waals surface area contributed by atoms with Crippen LogP contribution >= 0.6 is 0 Å². The molecule has 112 valence electrons. The summed E-state index contributed by atoms with van der Waals surface area (Å²) in [7, 11) is 0. The number of nitrogens with one attached hydrogen (secondary N) is 1. The number of benzene rings is 1. The van der Waals surface area contributed by atoms with Gasteiger partial charge in [0.2, 0.25) is 0 Å². The van der Waals surface area contributed by atoms with Gasteiger partial charge in [-0.2, -0.15) is 0 Å². The first-order chi connectivity index (χ1) is 10.4. The van der Waals surface area contributed by atoms with E-state index in [9.17, 15) is 0 Å². The summed E-state index contributed by atoms with van der Waals surface area (Å²) in [4.78, 5) is 4.28. The van der Waals surface area contributed by atoms with Crippen LogP contribution < -0.4 is 5.32 Å². The first-order valence-electron chi connectivity index (χ1n) is 7.64. The van der Waals surface area contributed by atoms with Crippen LogP contribution in [0, 0.1) is 0 Å². The lowest BCUT2D eigenvalue weighted by atomic mass is 10.1. The molecule has 1 heterocycles. The first-order valence-corrected chi connectivity index (χ1v) is 7.64. The van der Waals surface area contributed by atoms with Crippen LogP contribution in [0.4, 0.5) is 0 Å². The molecule has 0 saturated heterocycles. The third-order valence-electron chi connectivity index (χ3n) is 3.28. The molecule has 2 aromatic rings. The molecule has 0 amide bonds. The maximum atomic E-state index is 5.71. The summed E-state index contributed by atoms with van der Waals surface area (Å²) >= 11 is 0. The van der Waals surface area contributed by atoms with Crippen molar-refractivity contribution in [3.05, 3.63) is 65.5 Å². The molecule has 1 aromatic heterocycles. The van der Waals surface area contributed by atoms with Crippen LogP contribution in [0.1, 0.15) is 30.2 Å². The van der Waals surface area contributed by atoms with Gasteiger partial charge in [-0.3, -0.25) is 4.98 Å². The minimum absolute atomic E-state index is 0.662. The number of aromatic nitrogens is 1. The molecule has 0 spiro atoms. The van der Waals surface area contributed by atoms with Crippen molar-refractivity contribution in [2.24, 2.45) is 0 Å². The second kappa shape index (κ2) is 9.27. The molecular formula is C18H24N2O. The lowest BCUT2D eigenvalue weighted by Gasteiger charge is -2.06. The molecule has 2 rings (SSSR count). The molecule has 1 aromatic carbocycles. The molecule has 0 atom stereocenters. The lowest BCUT2D eigenvalue weighted by Crippen LogP contribution is -2.13. The molecule has 0 aliphatic carbocycles. The van der Waals surface area contributed by atoms with Crippen molar-refractivity contribution in [3.63, 3.8) is 0 Å². The Morgan fingerprint density at radius 2 is 1.86 bits per heavy atom. The third-order valence-corrected chi connectivity index (χ3v) is 3.28. The van der Waals surface area contributed by atoms with Gasteiger partial charge in [-0.25, -0.2) is 0 Å². The van der Waals surface area contributed by atoms with Crippen molar-refractivity contribution in [3.8, 4) is 0 Å². The van der Waals surface area contributed by atoms with Crippen LogP contribution in [0.15, 0.2) is 48.7 Å². The Bertz CT molecular complexity index is 496.